The third-order valence-electron chi connectivity index (χ3n) is 2.33. The van der Waals surface area contributed by atoms with Crippen LogP contribution in [-0.4, -0.2) is 25.3 Å². The summed E-state index contributed by atoms with van der Waals surface area (Å²) in [6.07, 6.45) is 0. The minimum atomic E-state index is -0.964. The fourth-order valence-electron chi connectivity index (χ4n) is 1.45. The fourth-order valence-corrected chi connectivity index (χ4v) is 1.77. The van der Waals surface area contributed by atoms with E-state index in [2.05, 4.69) is 0 Å². The van der Waals surface area contributed by atoms with Gasteiger partial charge in [0.25, 0.3) is 0 Å². The van der Waals surface area contributed by atoms with E-state index in [0.29, 0.717) is 22.1 Å². The fraction of sp³-hybridized carbons (Fsp3) is 0.364. The smallest absolute Gasteiger partial charge is 0.310 e. The van der Waals surface area contributed by atoms with Gasteiger partial charge in [0.15, 0.2) is 11.5 Å². The van der Waals surface area contributed by atoms with Crippen molar-refractivity contribution >= 4 is 17.6 Å². The van der Waals surface area contributed by atoms with Gasteiger partial charge in [0.2, 0.25) is 0 Å². The normalized spacial score (nSPS) is 12.0. The van der Waals surface area contributed by atoms with Crippen molar-refractivity contribution in [3.8, 4) is 11.5 Å². The maximum Gasteiger partial charge on any atom is 0.310 e. The average Bonchev–Trinajstić information content (AvgIpc) is 2.27. The molecule has 0 saturated carbocycles. The van der Waals surface area contributed by atoms with Gasteiger partial charge in [0, 0.05) is 10.6 Å². The van der Waals surface area contributed by atoms with E-state index in [1.54, 1.807) is 19.1 Å². The molecule has 0 fully saturated rings. The predicted molar refractivity (Wildman–Crippen MR) is 60.6 cm³/mol. The van der Waals surface area contributed by atoms with Gasteiger partial charge in [-0.1, -0.05) is 11.6 Å². The highest BCUT2D eigenvalue weighted by Crippen LogP contribution is 2.40. The SMILES string of the molecule is COc1ccc(Cl)c(C(C)C(=O)O)c1OC. The lowest BCUT2D eigenvalue weighted by Gasteiger charge is -2.16. The Hall–Kier alpha value is -1.42. The van der Waals surface area contributed by atoms with Crippen LogP contribution in [0.4, 0.5) is 0 Å². The van der Waals surface area contributed by atoms with Crippen molar-refractivity contribution in [3.63, 3.8) is 0 Å². The third kappa shape index (κ3) is 2.22. The van der Waals surface area contributed by atoms with E-state index < -0.39 is 11.9 Å². The molecule has 0 bridgehead atoms. The van der Waals surface area contributed by atoms with Crippen LogP contribution in [0.1, 0.15) is 18.4 Å². The summed E-state index contributed by atoms with van der Waals surface area (Å²) >= 11 is 5.98. The molecule has 0 aliphatic carbocycles. The van der Waals surface area contributed by atoms with Crippen LogP contribution < -0.4 is 9.47 Å². The Balaban J connectivity index is 3.39. The second-order valence-corrected chi connectivity index (χ2v) is 3.66. The summed E-state index contributed by atoms with van der Waals surface area (Å²) in [5.74, 6) is -0.883. The zero-order valence-corrected chi connectivity index (χ0v) is 10.0. The van der Waals surface area contributed by atoms with Crippen LogP contribution >= 0.6 is 11.6 Å². The summed E-state index contributed by atoms with van der Waals surface area (Å²) in [6.45, 7) is 1.55. The van der Waals surface area contributed by atoms with Gasteiger partial charge < -0.3 is 14.6 Å². The first-order valence-electron chi connectivity index (χ1n) is 4.66. The van der Waals surface area contributed by atoms with Gasteiger partial charge >= 0.3 is 5.97 Å². The van der Waals surface area contributed by atoms with Crippen molar-refractivity contribution in [2.45, 2.75) is 12.8 Å². The molecule has 1 unspecified atom stereocenters. The van der Waals surface area contributed by atoms with Crippen molar-refractivity contribution in [3.05, 3.63) is 22.7 Å². The number of aliphatic carboxylic acids is 1. The van der Waals surface area contributed by atoms with Crippen LogP contribution in [0, 0.1) is 0 Å². The molecular weight excluding hydrogens is 232 g/mol. The number of hydrogen-bond acceptors (Lipinski definition) is 3. The monoisotopic (exact) mass is 244 g/mol. The summed E-state index contributed by atoms with van der Waals surface area (Å²) in [7, 11) is 2.94. The molecule has 5 heteroatoms. The second-order valence-electron chi connectivity index (χ2n) is 3.26. The van der Waals surface area contributed by atoms with Crippen LogP contribution in [0.2, 0.25) is 5.02 Å². The van der Waals surface area contributed by atoms with Gasteiger partial charge in [-0.05, 0) is 19.1 Å². The zero-order valence-electron chi connectivity index (χ0n) is 9.28. The van der Waals surface area contributed by atoms with Crippen LogP contribution in [-0.2, 0) is 4.79 Å². The highest BCUT2D eigenvalue weighted by atomic mass is 35.5. The number of hydrogen-bond donors (Lipinski definition) is 1. The summed E-state index contributed by atoms with van der Waals surface area (Å²) in [6, 6.07) is 3.23. The first kappa shape index (κ1) is 12.6. The Labute approximate surface area is 98.7 Å². The molecule has 1 aromatic rings. The van der Waals surface area contributed by atoms with Crippen molar-refractivity contribution in [1.29, 1.82) is 0 Å². The quantitative estimate of drug-likeness (QED) is 0.884. The van der Waals surface area contributed by atoms with Crippen molar-refractivity contribution in [2.75, 3.05) is 14.2 Å². The van der Waals surface area contributed by atoms with Crippen LogP contribution in [0.3, 0.4) is 0 Å². The zero-order chi connectivity index (χ0) is 12.3. The lowest BCUT2D eigenvalue weighted by Crippen LogP contribution is -2.10. The number of ether oxygens (including phenoxy) is 2. The molecule has 0 aliphatic rings. The van der Waals surface area contributed by atoms with Gasteiger partial charge in [0.05, 0.1) is 20.1 Å². The van der Waals surface area contributed by atoms with Crippen LogP contribution in [0.5, 0.6) is 11.5 Å². The summed E-state index contributed by atoms with van der Waals surface area (Å²) in [5.41, 5.74) is 0.427. The van der Waals surface area contributed by atoms with Gasteiger partial charge in [-0.3, -0.25) is 4.79 Å². The Kier molecular flexibility index (Phi) is 4.01. The maximum atomic E-state index is 11.0. The van der Waals surface area contributed by atoms with Gasteiger partial charge in [0.1, 0.15) is 0 Å². The highest BCUT2D eigenvalue weighted by Gasteiger charge is 2.24. The summed E-state index contributed by atoms with van der Waals surface area (Å²) < 4.78 is 10.2. The van der Waals surface area contributed by atoms with Gasteiger partial charge in [-0.2, -0.15) is 0 Å². The molecule has 1 atom stereocenters. The summed E-state index contributed by atoms with van der Waals surface area (Å²) in [4.78, 5) is 11.0. The number of rotatable bonds is 4. The molecule has 0 heterocycles. The molecule has 1 aromatic carbocycles. The van der Waals surface area contributed by atoms with Gasteiger partial charge in [-0.25, -0.2) is 0 Å². The standard InChI is InChI=1S/C11H13ClO4/c1-6(11(13)14)9-7(12)4-5-8(15-2)10(9)16-3/h4-6H,1-3H3,(H,13,14). The third-order valence-corrected chi connectivity index (χ3v) is 2.66. The Morgan fingerprint density at radius 3 is 2.44 bits per heavy atom. The Morgan fingerprint density at radius 2 is 2.00 bits per heavy atom. The number of carboxylic acids is 1. The molecule has 4 nitrogen and oxygen atoms in total. The van der Waals surface area contributed by atoms with E-state index in [4.69, 9.17) is 26.2 Å². The van der Waals surface area contributed by atoms with E-state index in [-0.39, 0.29) is 0 Å². The number of carbonyl (C=O) groups is 1. The molecule has 0 radical (unpaired) electrons. The van der Waals surface area contributed by atoms with Crippen LogP contribution in [0.25, 0.3) is 0 Å². The minimum Gasteiger partial charge on any atom is -0.493 e. The van der Waals surface area contributed by atoms with Gasteiger partial charge in [-0.15, -0.1) is 0 Å². The molecule has 88 valence electrons. The second kappa shape index (κ2) is 5.07. The first-order valence-corrected chi connectivity index (χ1v) is 5.03. The molecule has 1 rings (SSSR count). The van der Waals surface area contributed by atoms with E-state index in [1.807, 2.05) is 0 Å². The Bertz CT molecular complexity index is 403. The molecule has 0 spiro atoms. The molecule has 0 amide bonds. The van der Waals surface area contributed by atoms with Crippen molar-refractivity contribution in [1.82, 2.24) is 0 Å². The number of benzene rings is 1. The molecular formula is C11H13ClO4. The highest BCUT2D eigenvalue weighted by molar-refractivity contribution is 6.32. The molecule has 0 aliphatic heterocycles. The molecule has 0 aromatic heterocycles. The summed E-state index contributed by atoms with van der Waals surface area (Å²) in [5, 5.41) is 9.34. The van der Waals surface area contributed by atoms with E-state index in [1.165, 1.54) is 14.2 Å². The van der Waals surface area contributed by atoms with E-state index >= 15 is 0 Å². The largest absolute Gasteiger partial charge is 0.493 e. The maximum absolute atomic E-state index is 11.0. The van der Waals surface area contributed by atoms with E-state index in [0.717, 1.165) is 0 Å². The molecule has 0 saturated heterocycles. The molecule has 1 N–H and O–H groups in total. The van der Waals surface area contributed by atoms with Crippen molar-refractivity contribution in [2.24, 2.45) is 0 Å². The van der Waals surface area contributed by atoms with E-state index in [9.17, 15) is 4.79 Å². The molecule has 16 heavy (non-hydrogen) atoms. The lowest BCUT2D eigenvalue weighted by atomic mass is 9.99. The first-order chi connectivity index (χ1) is 7.52. The lowest BCUT2D eigenvalue weighted by molar-refractivity contribution is -0.138. The topological polar surface area (TPSA) is 55.8 Å². The number of carboxylic acid groups (broad SMARTS) is 1. The minimum absolute atomic E-state index is 0.354. The number of methoxy groups -OCH3 is 2. The van der Waals surface area contributed by atoms with Crippen molar-refractivity contribution < 1.29 is 19.4 Å². The number of halogens is 1. The predicted octanol–water partition coefficient (Wildman–Crippen LogP) is 2.55. The Morgan fingerprint density at radius 1 is 1.38 bits per heavy atom. The van der Waals surface area contributed by atoms with Crippen LogP contribution in [0.15, 0.2) is 12.1 Å². The average molecular weight is 245 g/mol.